The average molecular weight is 1410 g/mol. The van der Waals surface area contributed by atoms with E-state index in [1.807, 2.05) is 35.9 Å². The number of fused-ring (bicyclic) bond motifs is 4. The van der Waals surface area contributed by atoms with E-state index in [1.165, 1.54) is 28.4 Å². The fraction of sp³-hybridized carbons (Fsp3) is 0.440. The molecular weight excluding hydrogens is 1320 g/mol. The van der Waals surface area contributed by atoms with Gasteiger partial charge in [0, 0.05) is 103 Å². The Bertz CT molecular complexity index is 4310. The summed E-state index contributed by atoms with van der Waals surface area (Å²) in [6.45, 7) is 12.9. The van der Waals surface area contributed by atoms with E-state index in [0.29, 0.717) is 99.8 Å². The largest absolute Gasteiger partial charge is 0.481 e. The maximum atomic E-state index is 13.9. The third kappa shape index (κ3) is 18.8. The first-order valence-corrected chi connectivity index (χ1v) is 35.4. The van der Waals surface area contributed by atoms with Crippen molar-refractivity contribution in [3.63, 3.8) is 0 Å². The summed E-state index contributed by atoms with van der Waals surface area (Å²) < 4.78 is 15.5. The van der Waals surface area contributed by atoms with Crippen LogP contribution in [0.5, 0.6) is 0 Å². The molecule has 538 valence electrons. The second-order valence-corrected chi connectivity index (χ2v) is 29.3. The molecule has 8 N–H and O–H groups in total. The fourth-order valence-electron chi connectivity index (χ4n) is 15.4. The first kappa shape index (κ1) is 74.4. The first-order chi connectivity index (χ1) is 48.6. The monoisotopic (exact) mass is 1410 g/mol. The SMILES string of the molecule is Cc1c(-c2ccc(-c3ccc4nccc(C(=O)Nc5nc6ccccc6s5)c4c3)nc2C(=O)O)cnn1CC12CC(C)CC(C)(C1)CC(C)(OCCN(CCC(=O)O)C(=O)OCc1ccc(NC(=O)[C@H](CCCNC(N)=O)CC(=O)[C@@H](NC(=O)CCCCCN3C(=O)C=CC3=O)C(C)C)cc1)C2. The summed E-state index contributed by atoms with van der Waals surface area (Å²) in [5, 5.41) is 37.5. The standard InChI is InChI=1S/C75H88N12O14S/c1-45(2)65(83-61(89)16-8-7-11-31-86-62(90)25-26-63(86)91)59(88)36-50(13-12-29-78-70(76)98)67(94)80-51-20-17-48(18-21-51)40-100-72(99)85(32-28-64(92)93)33-34-101-74(6)41-73(5)37-46(3)38-75(42-73,43-74)44-87-47(4)55(39-79-87)52-22-24-56(81-66(52)69(96)97)49-19-23-57-54(35-49)53(27-30-77-57)68(95)84-71-82-58-14-9-10-15-60(58)102-71/h9-10,14-15,17-27,30,35,39,45-46,50,65H,7-8,11-13,16,28-29,31-34,36-38,40-44H2,1-6H3,(H,80,94)(H,83,89)(H,92,93)(H,96,97)(H3,76,78,98)(H,82,84,95)/t46?,50-,65+,73?,74?,75?/m1/s1. The molecule has 26 nitrogen and oxygen atoms in total. The number of carbonyl (C=O) groups excluding carboxylic acids is 8. The number of nitrogens with zero attached hydrogens (tertiary/aromatic N) is 7. The predicted molar refractivity (Wildman–Crippen MR) is 383 cm³/mol. The number of unbranched alkanes of at least 4 members (excludes halogenated alkanes) is 2. The molecule has 102 heavy (non-hydrogen) atoms. The number of imide groups is 1. The Morgan fingerprint density at radius 3 is 2.31 bits per heavy atom. The van der Waals surface area contributed by atoms with Crippen LogP contribution in [0.1, 0.15) is 150 Å². The number of ketones is 1. The second kappa shape index (κ2) is 32.6. The van der Waals surface area contributed by atoms with Crippen molar-refractivity contribution in [1.29, 1.82) is 0 Å². The Hall–Kier alpha value is -10.3. The number of para-hydroxylation sites is 1. The van der Waals surface area contributed by atoms with E-state index >= 15 is 0 Å². The van der Waals surface area contributed by atoms with E-state index < -0.39 is 47.5 Å². The average Bonchev–Trinajstić information content (AvgIpc) is 0.879. The number of carboxylic acid groups (broad SMARTS) is 2. The zero-order valence-corrected chi connectivity index (χ0v) is 59.1. The topological polar surface area (TPSA) is 367 Å². The minimum absolute atomic E-state index is 0.0366. The molecule has 2 fully saturated rings. The van der Waals surface area contributed by atoms with E-state index in [9.17, 15) is 58.2 Å². The number of pyridine rings is 2. The van der Waals surface area contributed by atoms with Gasteiger partial charge in [0.2, 0.25) is 11.8 Å². The highest BCUT2D eigenvalue weighted by molar-refractivity contribution is 7.22. The van der Waals surface area contributed by atoms with Crippen LogP contribution >= 0.6 is 11.3 Å². The predicted octanol–water partition coefficient (Wildman–Crippen LogP) is 11.1. The number of urea groups is 1. The molecule has 2 bridgehead atoms. The molecule has 1 aliphatic heterocycles. The number of carbonyl (C=O) groups is 10. The molecule has 5 heterocycles. The number of anilines is 2. The lowest BCUT2D eigenvalue weighted by atomic mass is 9.50. The maximum Gasteiger partial charge on any atom is 0.410 e. The molecule has 4 unspecified atom stereocenters. The molecule has 0 radical (unpaired) electrons. The van der Waals surface area contributed by atoms with Crippen LogP contribution in [0.4, 0.5) is 20.4 Å². The summed E-state index contributed by atoms with van der Waals surface area (Å²) >= 11 is 1.37. The van der Waals surface area contributed by atoms with Gasteiger partial charge in [-0.05, 0) is 154 Å². The third-order valence-electron chi connectivity index (χ3n) is 19.4. The summed E-state index contributed by atoms with van der Waals surface area (Å²) in [5.74, 6) is -5.39. The van der Waals surface area contributed by atoms with Crippen molar-refractivity contribution >= 4 is 103 Å². The Kier molecular flexibility index (Phi) is 23.8. The molecule has 3 aromatic carbocycles. The summed E-state index contributed by atoms with van der Waals surface area (Å²) in [4.78, 5) is 145. The highest BCUT2D eigenvalue weighted by atomic mass is 32.1. The van der Waals surface area contributed by atoms with Crippen LogP contribution in [0, 0.1) is 35.5 Å². The molecule has 2 aliphatic carbocycles. The minimum atomic E-state index is -1.22. The van der Waals surface area contributed by atoms with Crippen molar-refractivity contribution in [3.05, 3.63) is 132 Å². The van der Waals surface area contributed by atoms with E-state index in [-0.39, 0.29) is 117 Å². The van der Waals surface area contributed by atoms with Crippen molar-refractivity contribution in [2.24, 2.45) is 34.3 Å². The van der Waals surface area contributed by atoms with Crippen molar-refractivity contribution < 1.29 is 67.6 Å². The van der Waals surface area contributed by atoms with Crippen molar-refractivity contribution in [3.8, 4) is 22.4 Å². The molecule has 8 amide bonds. The zero-order chi connectivity index (χ0) is 73.0. The van der Waals surface area contributed by atoms with Gasteiger partial charge >= 0.3 is 24.1 Å². The van der Waals surface area contributed by atoms with Crippen LogP contribution in [0.25, 0.3) is 43.5 Å². The fourth-order valence-corrected chi connectivity index (χ4v) is 16.2. The highest BCUT2D eigenvalue weighted by Crippen LogP contribution is 2.61. The number of primary amides is 1. The first-order valence-electron chi connectivity index (χ1n) is 34.5. The Labute approximate surface area is 594 Å². The number of hydrogen-bond donors (Lipinski definition) is 7. The Morgan fingerprint density at radius 1 is 0.824 bits per heavy atom. The maximum absolute atomic E-state index is 13.9. The summed E-state index contributed by atoms with van der Waals surface area (Å²) in [6, 6.07) is 23.0. The number of aliphatic carboxylic acids is 1. The normalized spacial score (nSPS) is 19.2. The van der Waals surface area contributed by atoms with Crippen molar-refractivity contribution in [1.82, 2.24) is 45.2 Å². The number of ether oxygens (including phenoxy) is 2. The Balaban J connectivity index is 0.747. The zero-order valence-electron chi connectivity index (χ0n) is 58.3. The number of amides is 8. The lowest BCUT2D eigenvalue weighted by Crippen LogP contribution is -2.54. The molecule has 3 aliphatic rings. The van der Waals surface area contributed by atoms with Crippen molar-refractivity contribution in [2.75, 3.05) is 43.4 Å². The van der Waals surface area contributed by atoms with Gasteiger partial charge in [0.05, 0.1) is 57.9 Å². The number of benzene rings is 3. The minimum Gasteiger partial charge on any atom is -0.481 e. The van der Waals surface area contributed by atoms with E-state index in [4.69, 9.17) is 25.3 Å². The molecule has 4 aromatic heterocycles. The number of aromatic nitrogens is 5. The van der Waals surface area contributed by atoms with E-state index in [1.54, 1.807) is 86.9 Å². The number of carboxylic acids is 2. The van der Waals surface area contributed by atoms with Crippen molar-refractivity contribution in [2.45, 2.75) is 150 Å². The van der Waals surface area contributed by atoms with Crippen LogP contribution in [0.2, 0.25) is 0 Å². The molecular formula is C75H88N12O14S. The molecule has 27 heteroatoms. The van der Waals surface area contributed by atoms with Crippen LogP contribution < -0.4 is 27.0 Å². The number of thiazole rings is 1. The quantitative estimate of drug-likeness (QED) is 0.0148. The summed E-state index contributed by atoms with van der Waals surface area (Å²) in [7, 11) is 0. The van der Waals surface area contributed by atoms with Gasteiger partial charge in [-0.15, -0.1) is 0 Å². The number of nitrogens with two attached hydrogens (primary N) is 1. The van der Waals surface area contributed by atoms with Gasteiger partial charge in [0.25, 0.3) is 17.7 Å². The second-order valence-electron chi connectivity index (χ2n) is 28.3. The molecule has 10 rings (SSSR count). The molecule has 2 saturated carbocycles. The number of rotatable bonds is 33. The number of aromatic carboxylic acids is 1. The van der Waals surface area contributed by atoms with Gasteiger partial charge in [-0.25, -0.2) is 24.4 Å². The van der Waals surface area contributed by atoms with E-state index in [0.717, 1.165) is 46.5 Å². The Morgan fingerprint density at radius 2 is 1.59 bits per heavy atom. The van der Waals surface area contributed by atoms with Gasteiger partial charge in [0.15, 0.2) is 16.6 Å². The smallest absolute Gasteiger partial charge is 0.410 e. The number of nitrogens with one attached hydrogen (secondary N) is 4. The molecule has 0 saturated heterocycles. The van der Waals surface area contributed by atoms with Crippen LogP contribution in [0.3, 0.4) is 0 Å². The van der Waals surface area contributed by atoms with Gasteiger partial charge in [-0.3, -0.25) is 53.4 Å². The van der Waals surface area contributed by atoms with Gasteiger partial charge < -0.3 is 46.3 Å². The van der Waals surface area contributed by atoms with Gasteiger partial charge in [0.1, 0.15) is 6.61 Å². The summed E-state index contributed by atoms with van der Waals surface area (Å²) in [6.07, 6.45) is 10.7. The number of hydrogen-bond acceptors (Lipinski definition) is 17. The lowest BCUT2D eigenvalue weighted by molar-refractivity contribution is -0.163. The summed E-state index contributed by atoms with van der Waals surface area (Å²) in [5.41, 5.74) is 9.43. The van der Waals surface area contributed by atoms with Crippen LogP contribution in [0.15, 0.2) is 109 Å². The molecule has 0 spiro atoms. The van der Waals surface area contributed by atoms with Gasteiger partial charge in [-0.2, -0.15) is 5.10 Å². The molecule has 6 atom stereocenters. The lowest BCUT2D eigenvalue weighted by Gasteiger charge is -2.59. The van der Waals surface area contributed by atoms with Crippen LogP contribution in [-0.4, -0.2) is 149 Å². The number of Topliss-reactive ketones (excluding diaryl/α,β-unsaturated/α-hetero) is 1. The van der Waals surface area contributed by atoms with E-state index in [2.05, 4.69) is 52.0 Å². The highest BCUT2D eigenvalue weighted by Gasteiger charge is 2.55. The third-order valence-corrected chi connectivity index (χ3v) is 20.3. The van der Waals surface area contributed by atoms with Crippen LogP contribution in [-0.2, 0) is 51.4 Å². The van der Waals surface area contributed by atoms with Gasteiger partial charge in [-0.1, -0.05) is 75.8 Å². The molecule has 7 aromatic rings.